The fourth-order valence-electron chi connectivity index (χ4n) is 1.56. The topological polar surface area (TPSA) is 25.4 Å². The van der Waals surface area contributed by atoms with Crippen molar-refractivity contribution in [3.63, 3.8) is 0 Å². The fourth-order valence-corrected chi connectivity index (χ4v) is 1.92. The molecule has 0 unspecified atom stereocenters. The summed E-state index contributed by atoms with van der Waals surface area (Å²) < 4.78 is 6.53. The van der Waals surface area contributed by atoms with Gasteiger partial charge in [0.05, 0.1) is 12.3 Å². The molecule has 1 atom stereocenters. The highest BCUT2D eigenvalue weighted by atomic mass is 79.9. The van der Waals surface area contributed by atoms with Gasteiger partial charge in [0.25, 0.3) is 0 Å². The van der Waals surface area contributed by atoms with E-state index in [1.807, 2.05) is 18.2 Å². The number of ether oxygens (including phenoxy) is 1. The Balaban J connectivity index is 2.14. The molecule has 2 rings (SSSR count). The van der Waals surface area contributed by atoms with Crippen LogP contribution in [0.1, 0.15) is 11.8 Å². The van der Waals surface area contributed by atoms with E-state index in [1.165, 1.54) is 0 Å². The molecule has 14 heavy (non-hydrogen) atoms. The van der Waals surface area contributed by atoms with Gasteiger partial charge < -0.3 is 9.64 Å². The van der Waals surface area contributed by atoms with Crippen molar-refractivity contribution in [2.75, 3.05) is 26.7 Å². The SMILES string of the molecule is CN1CCO[C@@H](c2cccc(Br)n2)C1. The van der Waals surface area contributed by atoms with Crippen LogP contribution in [0.2, 0.25) is 0 Å². The van der Waals surface area contributed by atoms with Gasteiger partial charge in [0, 0.05) is 13.1 Å². The number of halogens is 1. The van der Waals surface area contributed by atoms with Crippen molar-refractivity contribution in [3.05, 3.63) is 28.5 Å². The van der Waals surface area contributed by atoms with E-state index in [-0.39, 0.29) is 6.10 Å². The standard InChI is InChI=1S/C10H13BrN2O/c1-13-5-6-14-9(7-13)8-3-2-4-10(11)12-8/h2-4,9H,5-7H2,1H3/t9-/m1/s1. The molecule has 0 amide bonds. The zero-order chi connectivity index (χ0) is 9.97. The zero-order valence-electron chi connectivity index (χ0n) is 8.11. The third kappa shape index (κ3) is 2.32. The molecule has 0 aromatic carbocycles. The van der Waals surface area contributed by atoms with Crippen molar-refractivity contribution in [3.8, 4) is 0 Å². The maximum atomic E-state index is 5.66. The van der Waals surface area contributed by atoms with Gasteiger partial charge in [-0.15, -0.1) is 0 Å². The van der Waals surface area contributed by atoms with E-state index in [4.69, 9.17) is 4.74 Å². The van der Waals surface area contributed by atoms with Crippen molar-refractivity contribution < 1.29 is 4.74 Å². The molecule has 0 saturated carbocycles. The Bertz CT molecular complexity index is 319. The van der Waals surface area contributed by atoms with Crippen molar-refractivity contribution in [2.45, 2.75) is 6.10 Å². The van der Waals surface area contributed by atoms with Crippen LogP contribution in [-0.4, -0.2) is 36.6 Å². The third-order valence-electron chi connectivity index (χ3n) is 2.34. The first-order valence-corrected chi connectivity index (χ1v) is 5.47. The molecule has 2 heterocycles. The molecular weight excluding hydrogens is 244 g/mol. The Morgan fingerprint density at radius 1 is 1.57 bits per heavy atom. The monoisotopic (exact) mass is 256 g/mol. The molecule has 0 aliphatic carbocycles. The lowest BCUT2D eigenvalue weighted by Gasteiger charge is -2.29. The van der Waals surface area contributed by atoms with Gasteiger partial charge in [-0.2, -0.15) is 0 Å². The molecule has 1 aromatic heterocycles. The minimum absolute atomic E-state index is 0.117. The number of likely N-dealkylation sites (N-methyl/N-ethyl adjacent to an activating group) is 1. The number of hydrogen-bond acceptors (Lipinski definition) is 3. The molecule has 1 fully saturated rings. The van der Waals surface area contributed by atoms with Crippen LogP contribution in [0.5, 0.6) is 0 Å². The average Bonchev–Trinajstić information content (AvgIpc) is 2.18. The van der Waals surface area contributed by atoms with E-state index >= 15 is 0 Å². The molecule has 1 aliphatic rings. The van der Waals surface area contributed by atoms with Crippen molar-refractivity contribution in [1.82, 2.24) is 9.88 Å². The van der Waals surface area contributed by atoms with Gasteiger partial charge >= 0.3 is 0 Å². The van der Waals surface area contributed by atoms with E-state index in [2.05, 4.69) is 32.9 Å². The van der Waals surface area contributed by atoms with E-state index < -0.39 is 0 Å². The second kappa shape index (κ2) is 4.38. The Hall–Kier alpha value is -0.450. The quantitative estimate of drug-likeness (QED) is 0.718. The molecule has 0 radical (unpaired) electrons. The number of nitrogens with zero attached hydrogens (tertiary/aromatic N) is 2. The summed E-state index contributed by atoms with van der Waals surface area (Å²) in [5.74, 6) is 0. The number of pyridine rings is 1. The predicted octanol–water partition coefficient (Wildman–Crippen LogP) is 1.85. The van der Waals surface area contributed by atoms with Gasteiger partial charge in [-0.05, 0) is 35.1 Å². The third-order valence-corrected chi connectivity index (χ3v) is 2.78. The van der Waals surface area contributed by atoms with Gasteiger partial charge in [0.2, 0.25) is 0 Å². The van der Waals surface area contributed by atoms with Gasteiger partial charge in [-0.25, -0.2) is 4.98 Å². The summed E-state index contributed by atoms with van der Waals surface area (Å²) in [5, 5.41) is 0. The van der Waals surface area contributed by atoms with Crippen molar-refractivity contribution in [2.24, 2.45) is 0 Å². The Morgan fingerprint density at radius 3 is 3.14 bits per heavy atom. The Kier molecular flexibility index (Phi) is 3.15. The van der Waals surface area contributed by atoms with E-state index in [1.54, 1.807) is 0 Å². The van der Waals surface area contributed by atoms with Crippen LogP contribution in [-0.2, 0) is 4.74 Å². The van der Waals surface area contributed by atoms with Crippen LogP contribution in [0.3, 0.4) is 0 Å². The number of hydrogen-bond donors (Lipinski definition) is 0. The minimum atomic E-state index is 0.117. The van der Waals surface area contributed by atoms with Crippen molar-refractivity contribution >= 4 is 15.9 Å². The summed E-state index contributed by atoms with van der Waals surface area (Å²) in [7, 11) is 2.10. The molecule has 1 aromatic rings. The second-order valence-electron chi connectivity index (χ2n) is 3.51. The number of rotatable bonds is 1. The lowest BCUT2D eigenvalue weighted by molar-refractivity contribution is -0.0231. The second-order valence-corrected chi connectivity index (χ2v) is 4.32. The average molecular weight is 257 g/mol. The predicted molar refractivity (Wildman–Crippen MR) is 58.1 cm³/mol. The van der Waals surface area contributed by atoms with E-state index in [9.17, 15) is 0 Å². The number of morpholine rings is 1. The molecule has 76 valence electrons. The first kappa shape index (κ1) is 10.1. The van der Waals surface area contributed by atoms with Crippen molar-refractivity contribution in [1.29, 1.82) is 0 Å². The molecule has 4 heteroatoms. The van der Waals surface area contributed by atoms with Crippen LogP contribution >= 0.6 is 15.9 Å². The van der Waals surface area contributed by atoms with E-state index in [0.717, 1.165) is 30.0 Å². The van der Waals surface area contributed by atoms with Crippen LogP contribution in [0.25, 0.3) is 0 Å². The number of aromatic nitrogens is 1. The summed E-state index contributed by atoms with van der Waals surface area (Å²) in [6, 6.07) is 5.93. The van der Waals surface area contributed by atoms with Gasteiger partial charge in [-0.3, -0.25) is 0 Å². The molecule has 0 spiro atoms. The zero-order valence-corrected chi connectivity index (χ0v) is 9.70. The van der Waals surface area contributed by atoms with Crippen LogP contribution < -0.4 is 0 Å². The first-order valence-electron chi connectivity index (χ1n) is 4.68. The van der Waals surface area contributed by atoms with Gasteiger partial charge in [0.15, 0.2) is 0 Å². The normalized spacial score (nSPS) is 23.7. The molecule has 0 N–H and O–H groups in total. The van der Waals surface area contributed by atoms with Gasteiger partial charge in [-0.1, -0.05) is 6.07 Å². The lowest BCUT2D eigenvalue weighted by Crippen LogP contribution is -2.35. The highest BCUT2D eigenvalue weighted by Gasteiger charge is 2.20. The highest BCUT2D eigenvalue weighted by molar-refractivity contribution is 9.10. The smallest absolute Gasteiger partial charge is 0.112 e. The van der Waals surface area contributed by atoms with E-state index in [0.29, 0.717) is 0 Å². The lowest BCUT2D eigenvalue weighted by atomic mass is 10.2. The maximum Gasteiger partial charge on any atom is 0.112 e. The Labute approximate surface area is 92.2 Å². The summed E-state index contributed by atoms with van der Waals surface area (Å²) >= 11 is 3.36. The first-order chi connectivity index (χ1) is 6.75. The van der Waals surface area contributed by atoms with Crippen LogP contribution in [0, 0.1) is 0 Å². The fraction of sp³-hybridized carbons (Fsp3) is 0.500. The van der Waals surface area contributed by atoms with Gasteiger partial charge in [0.1, 0.15) is 10.7 Å². The maximum absolute atomic E-state index is 5.66. The molecular formula is C10H13BrN2O. The molecule has 1 saturated heterocycles. The Morgan fingerprint density at radius 2 is 2.43 bits per heavy atom. The largest absolute Gasteiger partial charge is 0.369 e. The molecule has 1 aliphatic heterocycles. The molecule has 0 bridgehead atoms. The summed E-state index contributed by atoms with van der Waals surface area (Å²) in [4.78, 5) is 6.66. The summed E-state index contributed by atoms with van der Waals surface area (Å²) in [6.07, 6.45) is 0.117. The van der Waals surface area contributed by atoms with Crippen LogP contribution in [0.4, 0.5) is 0 Å². The summed E-state index contributed by atoms with van der Waals surface area (Å²) in [5.41, 5.74) is 1.01. The van der Waals surface area contributed by atoms with Crippen LogP contribution in [0.15, 0.2) is 22.8 Å². The minimum Gasteiger partial charge on any atom is -0.369 e. The summed E-state index contributed by atoms with van der Waals surface area (Å²) in [6.45, 7) is 2.71. The molecule has 3 nitrogen and oxygen atoms in total. The highest BCUT2D eigenvalue weighted by Crippen LogP contribution is 2.20.